The molecule has 7 heteroatoms. The van der Waals surface area contributed by atoms with Crippen LogP contribution in [0.25, 0.3) is 5.52 Å². The number of halogens is 2. The van der Waals surface area contributed by atoms with Crippen molar-refractivity contribution in [3.05, 3.63) is 52.4 Å². The van der Waals surface area contributed by atoms with Crippen LogP contribution >= 0.6 is 11.6 Å². The van der Waals surface area contributed by atoms with Gasteiger partial charge in [0.05, 0.1) is 6.20 Å². The van der Waals surface area contributed by atoms with Crippen molar-refractivity contribution < 1.29 is 4.39 Å². The molecule has 0 spiro atoms. The van der Waals surface area contributed by atoms with Crippen molar-refractivity contribution in [3.8, 4) is 0 Å². The number of rotatable bonds is 7. The average Bonchev–Trinajstić information content (AvgIpc) is 3.39. The van der Waals surface area contributed by atoms with Crippen molar-refractivity contribution in [3.63, 3.8) is 0 Å². The molecule has 0 saturated heterocycles. The fourth-order valence-electron chi connectivity index (χ4n) is 3.30. The highest BCUT2D eigenvalue weighted by Crippen LogP contribution is 2.34. The lowest BCUT2D eigenvalue weighted by atomic mass is 10.1. The summed E-state index contributed by atoms with van der Waals surface area (Å²) in [6, 6.07) is 3.76. The van der Waals surface area contributed by atoms with Gasteiger partial charge in [0.2, 0.25) is 5.28 Å². The van der Waals surface area contributed by atoms with Crippen LogP contribution in [0, 0.1) is 18.7 Å². The predicted octanol–water partition coefficient (Wildman–Crippen LogP) is 4.57. The molecule has 1 N–H and O–H groups in total. The number of aryl methyl sites for hydroxylation is 2. The predicted molar refractivity (Wildman–Crippen MR) is 99.9 cm³/mol. The van der Waals surface area contributed by atoms with Crippen molar-refractivity contribution in [2.45, 2.75) is 45.6 Å². The quantitative estimate of drug-likeness (QED) is 0.659. The lowest BCUT2D eigenvalue weighted by molar-refractivity contribution is 0.606. The summed E-state index contributed by atoms with van der Waals surface area (Å²) in [4.78, 5) is 8.07. The monoisotopic (exact) mass is 373 g/mol. The Labute approximate surface area is 156 Å². The number of anilines is 1. The zero-order valence-electron chi connectivity index (χ0n) is 14.7. The van der Waals surface area contributed by atoms with Gasteiger partial charge < -0.3 is 5.32 Å². The SMILES string of the molecule is Cc1c(CCCC2CC2)cc2c(NCc3ccncc3F)nc(Cl)nn12. The number of hydrogen-bond donors (Lipinski definition) is 1. The van der Waals surface area contributed by atoms with E-state index >= 15 is 0 Å². The Morgan fingerprint density at radius 3 is 2.96 bits per heavy atom. The Morgan fingerprint density at radius 2 is 2.19 bits per heavy atom. The van der Waals surface area contributed by atoms with E-state index in [0.29, 0.717) is 17.9 Å². The fourth-order valence-corrected chi connectivity index (χ4v) is 3.46. The van der Waals surface area contributed by atoms with Crippen molar-refractivity contribution in [2.75, 3.05) is 5.32 Å². The van der Waals surface area contributed by atoms with E-state index in [1.54, 1.807) is 12.3 Å². The van der Waals surface area contributed by atoms with E-state index in [1.165, 1.54) is 37.4 Å². The van der Waals surface area contributed by atoms with Gasteiger partial charge in [-0.3, -0.25) is 4.98 Å². The van der Waals surface area contributed by atoms with Crippen molar-refractivity contribution in [2.24, 2.45) is 5.92 Å². The first-order chi connectivity index (χ1) is 12.6. The minimum atomic E-state index is -0.344. The van der Waals surface area contributed by atoms with Gasteiger partial charge in [0.15, 0.2) is 5.82 Å². The normalized spacial score (nSPS) is 14.1. The first-order valence-corrected chi connectivity index (χ1v) is 9.36. The average molecular weight is 374 g/mol. The topological polar surface area (TPSA) is 55.1 Å². The Hall–Kier alpha value is -2.21. The first-order valence-electron chi connectivity index (χ1n) is 8.99. The molecule has 0 unspecified atom stereocenters. The van der Waals surface area contributed by atoms with Gasteiger partial charge in [0.25, 0.3) is 0 Å². The van der Waals surface area contributed by atoms with Crippen LogP contribution in [0.2, 0.25) is 5.28 Å². The van der Waals surface area contributed by atoms with Crippen LogP contribution in [0.4, 0.5) is 10.2 Å². The van der Waals surface area contributed by atoms with Gasteiger partial charge in [-0.25, -0.2) is 8.91 Å². The van der Waals surface area contributed by atoms with Crippen molar-refractivity contribution in [1.82, 2.24) is 19.6 Å². The van der Waals surface area contributed by atoms with E-state index in [-0.39, 0.29) is 11.1 Å². The molecule has 0 atom stereocenters. The van der Waals surface area contributed by atoms with Gasteiger partial charge in [-0.1, -0.05) is 19.3 Å². The molecular weight excluding hydrogens is 353 g/mol. The highest BCUT2D eigenvalue weighted by atomic mass is 35.5. The smallest absolute Gasteiger partial charge is 0.243 e. The Bertz CT molecular complexity index is 935. The molecule has 26 heavy (non-hydrogen) atoms. The molecule has 136 valence electrons. The number of fused-ring (bicyclic) bond motifs is 1. The van der Waals surface area contributed by atoms with E-state index in [4.69, 9.17) is 11.6 Å². The molecule has 1 saturated carbocycles. The maximum Gasteiger partial charge on any atom is 0.243 e. The van der Waals surface area contributed by atoms with E-state index in [0.717, 1.165) is 23.5 Å². The summed E-state index contributed by atoms with van der Waals surface area (Å²) in [6.45, 7) is 2.35. The third-order valence-corrected chi connectivity index (χ3v) is 5.17. The second kappa shape index (κ2) is 7.19. The zero-order chi connectivity index (χ0) is 18.1. The van der Waals surface area contributed by atoms with Crippen LogP contribution < -0.4 is 5.32 Å². The third-order valence-electron chi connectivity index (χ3n) is 5.01. The molecular formula is C19H21ClFN5. The highest BCUT2D eigenvalue weighted by molar-refractivity contribution is 6.28. The number of nitrogens with zero attached hydrogens (tertiary/aromatic N) is 4. The third kappa shape index (κ3) is 3.65. The van der Waals surface area contributed by atoms with E-state index in [2.05, 4.69) is 33.4 Å². The Morgan fingerprint density at radius 1 is 1.35 bits per heavy atom. The molecule has 1 fully saturated rings. The second-order valence-electron chi connectivity index (χ2n) is 6.94. The van der Waals surface area contributed by atoms with Gasteiger partial charge in [0.1, 0.15) is 11.3 Å². The van der Waals surface area contributed by atoms with Gasteiger partial charge in [-0.2, -0.15) is 4.98 Å². The van der Waals surface area contributed by atoms with Gasteiger partial charge in [-0.15, -0.1) is 5.10 Å². The molecule has 3 aromatic heterocycles. The number of nitrogens with one attached hydrogen (secondary N) is 1. The van der Waals surface area contributed by atoms with Gasteiger partial charge >= 0.3 is 0 Å². The number of hydrogen-bond acceptors (Lipinski definition) is 4. The summed E-state index contributed by atoms with van der Waals surface area (Å²) >= 11 is 6.11. The minimum Gasteiger partial charge on any atom is -0.364 e. The van der Waals surface area contributed by atoms with E-state index in [9.17, 15) is 4.39 Å². The van der Waals surface area contributed by atoms with Gasteiger partial charge in [-0.05, 0) is 55.0 Å². The van der Waals surface area contributed by atoms with E-state index < -0.39 is 0 Å². The maximum absolute atomic E-state index is 13.8. The second-order valence-corrected chi connectivity index (χ2v) is 7.28. The highest BCUT2D eigenvalue weighted by Gasteiger charge is 2.21. The Kier molecular flexibility index (Phi) is 4.76. The molecule has 0 bridgehead atoms. The lowest BCUT2D eigenvalue weighted by Gasteiger charge is -2.08. The lowest BCUT2D eigenvalue weighted by Crippen LogP contribution is -2.07. The molecule has 1 aliphatic rings. The summed E-state index contributed by atoms with van der Waals surface area (Å²) in [7, 11) is 0. The summed E-state index contributed by atoms with van der Waals surface area (Å²) < 4.78 is 15.6. The molecule has 0 radical (unpaired) electrons. The first kappa shape index (κ1) is 17.2. The molecule has 0 aliphatic heterocycles. The summed E-state index contributed by atoms with van der Waals surface area (Å²) in [5.41, 5.74) is 3.74. The molecule has 5 nitrogen and oxygen atoms in total. The van der Waals surface area contributed by atoms with Crippen LogP contribution in [0.1, 0.15) is 42.5 Å². The number of aromatic nitrogens is 4. The summed E-state index contributed by atoms with van der Waals surface area (Å²) in [5.74, 6) is 1.20. The zero-order valence-corrected chi connectivity index (χ0v) is 15.4. The van der Waals surface area contributed by atoms with Crippen molar-refractivity contribution >= 4 is 22.9 Å². The molecule has 4 rings (SSSR count). The van der Waals surface area contributed by atoms with Crippen LogP contribution in [0.5, 0.6) is 0 Å². The summed E-state index contributed by atoms with van der Waals surface area (Å²) in [5, 5.41) is 7.68. The fraction of sp³-hybridized carbons (Fsp3) is 0.421. The van der Waals surface area contributed by atoms with Gasteiger partial charge in [0, 0.05) is 24.0 Å². The molecule has 3 heterocycles. The number of pyridine rings is 1. The molecule has 1 aliphatic carbocycles. The molecule has 0 aromatic carbocycles. The van der Waals surface area contributed by atoms with Crippen LogP contribution in [-0.4, -0.2) is 19.6 Å². The largest absolute Gasteiger partial charge is 0.364 e. The standard InChI is InChI=1S/C19H21ClFN5/c1-12-14(4-2-3-13-5-6-13)9-17-18(24-19(20)25-26(12)17)23-10-15-7-8-22-11-16(15)21/h7-9,11,13H,2-6,10H2,1H3,(H,23,24,25). The van der Waals surface area contributed by atoms with E-state index in [1.807, 2.05) is 4.52 Å². The van der Waals surface area contributed by atoms with Crippen LogP contribution in [0.3, 0.4) is 0 Å². The summed E-state index contributed by atoms with van der Waals surface area (Å²) in [6.07, 6.45) is 9.07. The van der Waals surface area contributed by atoms with Crippen LogP contribution in [0.15, 0.2) is 24.5 Å². The van der Waals surface area contributed by atoms with Crippen LogP contribution in [-0.2, 0) is 13.0 Å². The minimum absolute atomic E-state index is 0.165. The Balaban J connectivity index is 1.58. The maximum atomic E-state index is 13.8. The molecule has 3 aromatic rings. The van der Waals surface area contributed by atoms with Crippen molar-refractivity contribution in [1.29, 1.82) is 0 Å². The molecule has 0 amide bonds.